The molecule has 4 N–H and O–H groups in total. The maximum atomic E-state index is 11.9. The molecule has 3 aromatic carbocycles. The Hall–Kier alpha value is -4.22. The lowest BCUT2D eigenvalue weighted by atomic mass is 9.99. The maximum Gasteiger partial charge on any atom is 0.338 e. The first-order valence-electron chi connectivity index (χ1n) is 14.5. The third kappa shape index (κ3) is 8.03. The summed E-state index contributed by atoms with van der Waals surface area (Å²) in [6, 6.07) is 26.7. The Morgan fingerprint density at radius 1 is 0.909 bits per heavy atom. The van der Waals surface area contributed by atoms with Crippen molar-refractivity contribution in [1.29, 1.82) is 0 Å². The van der Waals surface area contributed by atoms with E-state index >= 15 is 0 Å². The Balaban J connectivity index is 1.37. The number of thioether (sulfide) groups is 1. The van der Waals surface area contributed by atoms with Crippen LogP contribution in [0.25, 0.3) is 11.1 Å². The Morgan fingerprint density at radius 3 is 2.43 bits per heavy atom. The molecule has 1 aromatic heterocycles. The molecule has 2 heterocycles. The number of amides is 2. The number of aliphatic hydroxyl groups excluding tert-OH is 1. The Kier molecular flexibility index (Phi) is 10.6. The number of carbonyl (C=O) groups excluding carboxylic acids is 1. The number of aromatic nitrogens is 1. The normalized spacial score (nSPS) is 18.0. The number of nitrogens with zero attached hydrogens (tertiary/aromatic N) is 1. The number of aromatic carboxylic acids is 1. The van der Waals surface area contributed by atoms with Gasteiger partial charge in [-0.2, -0.15) is 0 Å². The van der Waals surface area contributed by atoms with Gasteiger partial charge in [0.05, 0.1) is 24.4 Å². The van der Waals surface area contributed by atoms with Crippen LogP contribution in [0.1, 0.15) is 58.4 Å². The lowest BCUT2D eigenvalue weighted by Gasteiger charge is -2.36. The zero-order valence-electron chi connectivity index (χ0n) is 24.3. The SMILES string of the molecule is CCNC(=O)NCc1cccc(-c2cccc(C3OC(CSc4ncccc4C(=O)O)CC(c4ccc(CO)cc4)O3)c2)c1. The molecular formula is C34H35N3O6S. The molecule has 0 aliphatic carbocycles. The molecule has 1 saturated heterocycles. The van der Waals surface area contributed by atoms with E-state index in [0.29, 0.717) is 30.3 Å². The highest BCUT2D eigenvalue weighted by Crippen LogP contribution is 2.40. The molecule has 0 radical (unpaired) electrons. The Morgan fingerprint density at radius 2 is 1.68 bits per heavy atom. The van der Waals surface area contributed by atoms with Gasteiger partial charge in [0, 0.05) is 37.0 Å². The fourth-order valence-corrected chi connectivity index (χ4v) is 6.00. The molecule has 3 atom stereocenters. The minimum atomic E-state index is -1.02. The van der Waals surface area contributed by atoms with Gasteiger partial charge in [-0.25, -0.2) is 14.6 Å². The zero-order chi connectivity index (χ0) is 30.9. The summed E-state index contributed by atoms with van der Waals surface area (Å²) >= 11 is 1.35. The van der Waals surface area contributed by atoms with Gasteiger partial charge in [0.25, 0.3) is 0 Å². The van der Waals surface area contributed by atoms with Gasteiger partial charge < -0.3 is 30.3 Å². The number of hydrogen-bond donors (Lipinski definition) is 4. The number of rotatable bonds is 11. The molecule has 3 unspecified atom stereocenters. The molecule has 0 saturated carbocycles. The first-order chi connectivity index (χ1) is 21.4. The van der Waals surface area contributed by atoms with Crippen LogP contribution in [0.4, 0.5) is 4.79 Å². The van der Waals surface area contributed by atoms with E-state index in [0.717, 1.165) is 33.4 Å². The predicted molar refractivity (Wildman–Crippen MR) is 168 cm³/mol. The summed E-state index contributed by atoms with van der Waals surface area (Å²) in [6.07, 6.45) is 0.962. The number of nitrogens with one attached hydrogen (secondary N) is 2. The van der Waals surface area contributed by atoms with Crippen molar-refractivity contribution in [1.82, 2.24) is 15.6 Å². The summed E-state index contributed by atoms with van der Waals surface area (Å²) < 4.78 is 13.0. The lowest BCUT2D eigenvalue weighted by Crippen LogP contribution is -2.34. The third-order valence-electron chi connectivity index (χ3n) is 7.23. The average molecular weight is 614 g/mol. The van der Waals surface area contributed by atoms with Gasteiger partial charge >= 0.3 is 12.0 Å². The van der Waals surface area contributed by atoms with Gasteiger partial charge in [-0.05, 0) is 59.0 Å². The minimum absolute atomic E-state index is 0.0389. The van der Waals surface area contributed by atoms with Crippen LogP contribution in [0.15, 0.2) is 96.2 Å². The van der Waals surface area contributed by atoms with Crippen molar-refractivity contribution < 1.29 is 29.3 Å². The number of urea groups is 1. The number of pyridine rings is 1. The van der Waals surface area contributed by atoms with E-state index in [9.17, 15) is 19.8 Å². The molecule has 1 fully saturated rings. The maximum absolute atomic E-state index is 11.9. The quantitative estimate of drug-likeness (QED) is 0.150. The first-order valence-corrected chi connectivity index (χ1v) is 15.4. The number of hydrogen-bond acceptors (Lipinski definition) is 7. The Labute approximate surface area is 260 Å². The highest BCUT2D eigenvalue weighted by molar-refractivity contribution is 7.99. The van der Waals surface area contributed by atoms with Crippen molar-refractivity contribution in [3.63, 3.8) is 0 Å². The molecule has 2 amide bonds. The van der Waals surface area contributed by atoms with Gasteiger partial charge in [0.1, 0.15) is 5.03 Å². The molecule has 10 heteroatoms. The Bertz CT molecular complexity index is 1580. The molecule has 0 spiro atoms. The zero-order valence-corrected chi connectivity index (χ0v) is 25.1. The number of ether oxygens (including phenoxy) is 2. The number of carboxylic acids is 1. The highest BCUT2D eigenvalue weighted by atomic mass is 32.2. The summed E-state index contributed by atoms with van der Waals surface area (Å²) in [6.45, 7) is 2.80. The molecule has 5 rings (SSSR count). The van der Waals surface area contributed by atoms with E-state index in [4.69, 9.17) is 9.47 Å². The van der Waals surface area contributed by atoms with E-state index in [1.54, 1.807) is 18.3 Å². The van der Waals surface area contributed by atoms with Gasteiger partial charge in [0.2, 0.25) is 0 Å². The van der Waals surface area contributed by atoms with Gasteiger partial charge in [0.15, 0.2) is 6.29 Å². The van der Waals surface area contributed by atoms with Crippen LogP contribution >= 0.6 is 11.8 Å². The van der Waals surface area contributed by atoms with Crippen LogP contribution in [0.3, 0.4) is 0 Å². The van der Waals surface area contributed by atoms with E-state index in [1.165, 1.54) is 11.8 Å². The summed E-state index contributed by atoms with van der Waals surface area (Å²) in [5.41, 5.74) is 5.75. The lowest BCUT2D eigenvalue weighted by molar-refractivity contribution is -0.245. The van der Waals surface area contributed by atoms with Crippen molar-refractivity contribution in [3.05, 3.63) is 119 Å². The number of carboxylic acid groups (broad SMARTS) is 1. The smallest absolute Gasteiger partial charge is 0.338 e. The van der Waals surface area contributed by atoms with Crippen LogP contribution in [0.2, 0.25) is 0 Å². The number of aliphatic hydroxyl groups is 1. The summed E-state index contributed by atoms with van der Waals surface area (Å²) in [7, 11) is 0. The van der Waals surface area contributed by atoms with Gasteiger partial charge in [-0.15, -0.1) is 11.8 Å². The number of carbonyl (C=O) groups is 2. The molecule has 0 bridgehead atoms. The first kappa shape index (κ1) is 31.2. The van der Waals surface area contributed by atoms with E-state index in [2.05, 4.69) is 15.6 Å². The summed E-state index contributed by atoms with van der Waals surface area (Å²) in [5, 5.41) is 25.1. The molecule has 9 nitrogen and oxygen atoms in total. The van der Waals surface area contributed by atoms with Crippen molar-refractivity contribution in [2.75, 3.05) is 12.3 Å². The fraction of sp³-hybridized carbons (Fsp3) is 0.265. The van der Waals surface area contributed by atoms with Crippen LogP contribution < -0.4 is 10.6 Å². The van der Waals surface area contributed by atoms with Gasteiger partial charge in [-0.3, -0.25) is 0 Å². The molecule has 4 aromatic rings. The minimum Gasteiger partial charge on any atom is -0.478 e. The second kappa shape index (κ2) is 15.0. The van der Waals surface area contributed by atoms with E-state index in [1.807, 2.05) is 79.7 Å². The molecule has 44 heavy (non-hydrogen) atoms. The van der Waals surface area contributed by atoms with Crippen molar-refractivity contribution in [2.24, 2.45) is 0 Å². The van der Waals surface area contributed by atoms with Crippen LogP contribution in [0.5, 0.6) is 0 Å². The highest BCUT2D eigenvalue weighted by Gasteiger charge is 2.32. The summed E-state index contributed by atoms with van der Waals surface area (Å²) in [5.74, 6) is -0.531. The third-order valence-corrected chi connectivity index (χ3v) is 8.37. The van der Waals surface area contributed by atoms with Crippen LogP contribution in [-0.2, 0) is 22.6 Å². The van der Waals surface area contributed by atoms with Crippen molar-refractivity contribution in [3.8, 4) is 11.1 Å². The van der Waals surface area contributed by atoms with Gasteiger partial charge in [-0.1, -0.05) is 60.7 Å². The second-order valence-electron chi connectivity index (χ2n) is 10.4. The molecule has 1 aliphatic heterocycles. The molecule has 228 valence electrons. The average Bonchev–Trinajstić information content (AvgIpc) is 3.06. The molecule has 1 aliphatic rings. The largest absolute Gasteiger partial charge is 0.478 e. The standard InChI is InChI=1S/C34H35N3O6S/c1-2-35-34(41)37-19-23-6-3-7-25(16-23)26-8-4-9-27(17-26)33-42-28(21-44-31-29(32(39)40)10-5-15-36-31)18-30(43-33)24-13-11-22(20-38)12-14-24/h3-17,28,30,33,38H,2,18-21H2,1H3,(H,39,40)(H2,35,37,41). The summed E-state index contributed by atoms with van der Waals surface area (Å²) in [4.78, 5) is 27.9. The van der Waals surface area contributed by atoms with Crippen molar-refractivity contribution >= 4 is 23.8 Å². The monoisotopic (exact) mass is 613 g/mol. The van der Waals surface area contributed by atoms with Crippen molar-refractivity contribution in [2.45, 2.75) is 50.0 Å². The fourth-order valence-electron chi connectivity index (χ4n) is 4.99. The van der Waals surface area contributed by atoms with Crippen LogP contribution in [0, 0.1) is 0 Å². The second-order valence-corrected chi connectivity index (χ2v) is 11.4. The number of benzene rings is 3. The predicted octanol–water partition coefficient (Wildman–Crippen LogP) is 6.10. The molecular weight excluding hydrogens is 578 g/mol. The van der Waals surface area contributed by atoms with E-state index < -0.39 is 12.3 Å². The van der Waals surface area contributed by atoms with Crippen LogP contribution in [-0.4, -0.2) is 45.6 Å². The topological polar surface area (TPSA) is 130 Å². The van der Waals surface area contributed by atoms with E-state index in [-0.39, 0.29) is 30.4 Å².